The van der Waals surface area contributed by atoms with Crippen molar-refractivity contribution in [2.24, 2.45) is 0 Å². The van der Waals surface area contributed by atoms with Crippen molar-refractivity contribution in [2.45, 2.75) is 12.8 Å². The summed E-state index contributed by atoms with van der Waals surface area (Å²) >= 11 is 1.55. The van der Waals surface area contributed by atoms with Crippen molar-refractivity contribution in [1.82, 2.24) is 4.90 Å². The number of allylic oxidation sites excluding steroid dienone is 3. The first kappa shape index (κ1) is 12.1. The van der Waals surface area contributed by atoms with E-state index in [2.05, 4.69) is 6.58 Å². The van der Waals surface area contributed by atoms with Gasteiger partial charge in [0.2, 0.25) is 0 Å². The molecule has 1 aliphatic rings. The van der Waals surface area contributed by atoms with E-state index >= 15 is 0 Å². The van der Waals surface area contributed by atoms with Crippen LogP contribution in [0.15, 0.2) is 34.9 Å². The van der Waals surface area contributed by atoms with Crippen LogP contribution in [0.1, 0.15) is 12.8 Å². The molecule has 82 valence electrons. The third-order valence-electron chi connectivity index (χ3n) is 2.26. The molecule has 0 radical (unpaired) electrons. The van der Waals surface area contributed by atoms with E-state index in [4.69, 9.17) is 0 Å². The molecule has 0 aromatic carbocycles. The summed E-state index contributed by atoms with van der Waals surface area (Å²) in [6.07, 6.45) is 5.56. The monoisotopic (exact) mass is 223 g/mol. The number of Topliss-reactive ketones (excluding diaryl/α,β-unsaturated/α-hetero) is 1. The second-order valence-corrected chi connectivity index (χ2v) is 4.52. The van der Waals surface area contributed by atoms with Gasteiger partial charge in [-0.1, -0.05) is 6.58 Å². The van der Waals surface area contributed by atoms with Crippen molar-refractivity contribution in [3.63, 3.8) is 0 Å². The maximum absolute atomic E-state index is 12.0. The number of thioether (sulfide) groups is 1. The largest absolute Gasteiger partial charge is 0.383 e. The Hall–Kier alpha value is -0.960. The van der Waals surface area contributed by atoms with E-state index in [1.54, 1.807) is 11.8 Å². The van der Waals surface area contributed by atoms with Gasteiger partial charge in [-0.3, -0.25) is 4.79 Å². The topological polar surface area (TPSA) is 20.3 Å². The van der Waals surface area contributed by atoms with Crippen molar-refractivity contribution in [2.75, 3.05) is 20.4 Å². The average molecular weight is 223 g/mol. The van der Waals surface area contributed by atoms with Crippen LogP contribution >= 0.6 is 11.8 Å². The van der Waals surface area contributed by atoms with Crippen LogP contribution in [0.25, 0.3) is 0 Å². The van der Waals surface area contributed by atoms with E-state index in [-0.39, 0.29) is 5.78 Å². The lowest BCUT2D eigenvalue weighted by molar-refractivity contribution is -0.112. The number of ketones is 1. The Balaban J connectivity index is 2.97. The van der Waals surface area contributed by atoms with Gasteiger partial charge in [-0.15, -0.1) is 11.8 Å². The minimum Gasteiger partial charge on any atom is -0.383 e. The summed E-state index contributed by atoms with van der Waals surface area (Å²) in [5, 5.41) is 1.90. The predicted octanol–water partition coefficient (Wildman–Crippen LogP) is 2.60. The minimum atomic E-state index is 0.134. The van der Waals surface area contributed by atoms with Gasteiger partial charge >= 0.3 is 0 Å². The SMILES string of the molecule is C=C1CC/C(=C\N(C)C)C(=O)/C1=C/SC. The van der Waals surface area contributed by atoms with Gasteiger partial charge in [-0.05, 0) is 30.1 Å². The fraction of sp³-hybridized carbons (Fsp3) is 0.417. The second kappa shape index (κ2) is 5.21. The molecule has 0 spiro atoms. The standard InChI is InChI=1S/C12H17NOS/c1-9-5-6-10(7-13(2)3)12(14)11(9)8-15-4/h7-8H,1,5-6H2,2-4H3/b10-7+,11-8+. The van der Waals surface area contributed by atoms with Crippen LogP contribution in [-0.2, 0) is 4.79 Å². The van der Waals surface area contributed by atoms with Crippen molar-refractivity contribution in [3.05, 3.63) is 34.9 Å². The van der Waals surface area contributed by atoms with Gasteiger partial charge in [0, 0.05) is 31.4 Å². The van der Waals surface area contributed by atoms with Crippen LogP contribution in [0.4, 0.5) is 0 Å². The zero-order valence-corrected chi connectivity index (χ0v) is 10.4. The maximum Gasteiger partial charge on any atom is 0.191 e. The highest BCUT2D eigenvalue weighted by molar-refractivity contribution is 8.01. The molecule has 0 amide bonds. The first-order chi connectivity index (χ1) is 7.06. The van der Waals surface area contributed by atoms with E-state index in [0.29, 0.717) is 0 Å². The third kappa shape index (κ3) is 2.99. The molecule has 0 aliphatic heterocycles. The molecule has 1 fully saturated rings. The molecule has 0 heterocycles. The number of nitrogens with zero attached hydrogens (tertiary/aromatic N) is 1. The van der Waals surface area contributed by atoms with Crippen LogP contribution in [0.2, 0.25) is 0 Å². The van der Waals surface area contributed by atoms with Crippen LogP contribution in [-0.4, -0.2) is 31.0 Å². The number of hydrogen-bond donors (Lipinski definition) is 0. The summed E-state index contributed by atoms with van der Waals surface area (Å²) in [6, 6.07) is 0. The zero-order chi connectivity index (χ0) is 11.4. The minimum absolute atomic E-state index is 0.134. The van der Waals surface area contributed by atoms with E-state index in [0.717, 1.165) is 29.6 Å². The average Bonchev–Trinajstić information content (AvgIpc) is 2.16. The predicted molar refractivity (Wildman–Crippen MR) is 66.7 cm³/mol. The van der Waals surface area contributed by atoms with Crippen LogP contribution in [0.5, 0.6) is 0 Å². The first-order valence-corrected chi connectivity index (χ1v) is 6.18. The molecule has 1 saturated carbocycles. The van der Waals surface area contributed by atoms with Gasteiger partial charge in [-0.2, -0.15) is 0 Å². The molecule has 0 aromatic heterocycles. The van der Waals surface area contributed by atoms with E-state index in [1.165, 1.54) is 0 Å². The molecule has 1 aliphatic carbocycles. The summed E-state index contributed by atoms with van der Waals surface area (Å²) in [5.74, 6) is 0.134. The highest BCUT2D eigenvalue weighted by Crippen LogP contribution is 2.29. The summed E-state index contributed by atoms with van der Waals surface area (Å²) in [4.78, 5) is 13.9. The van der Waals surface area contributed by atoms with Gasteiger partial charge in [0.25, 0.3) is 0 Å². The summed E-state index contributed by atoms with van der Waals surface area (Å²) in [6.45, 7) is 3.93. The summed E-state index contributed by atoms with van der Waals surface area (Å²) in [5.41, 5.74) is 2.62. The second-order valence-electron chi connectivity index (χ2n) is 3.82. The summed E-state index contributed by atoms with van der Waals surface area (Å²) < 4.78 is 0. The Bertz CT molecular complexity index is 340. The molecule has 0 N–H and O–H groups in total. The molecule has 3 heteroatoms. The van der Waals surface area contributed by atoms with Crippen LogP contribution in [0, 0.1) is 0 Å². The van der Waals surface area contributed by atoms with Crippen molar-refractivity contribution >= 4 is 17.5 Å². The fourth-order valence-electron chi connectivity index (χ4n) is 1.56. The number of carbonyl (C=O) groups is 1. The molecule has 0 aromatic rings. The molecule has 0 unspecified atom stereocenters. The van der Waals surface area contributed by atoms with Crippen molar-refractivity contribution in [3.8, 4) is 0 Å². The van der Waals surface area contributed by atoms with Gasteiger partial charge < -0.3 is 4.90 Å². The van der Waals surface area contributed by atoms with E-state index in [9.17, 15) is 4.79 Å². The molecular weight excluding hydrogens is 206 g/mol. The van der Waals surface area contributed by atoms with Crippen LogP contribution < -0.4 is 0 Å². The first-order valence-electron chi connectivity index (χ1n) is 4.89. The quantitative estimate of drug-likeness (QED) is 0.671. The van der Waals surface area contributed by atoms with Gasteiger partial charge in [0.05, 0.1) is 0 Å². The van der Waals surface area contributed by atoms with Crippen LogP contribution in [0.3, 0.4) is 0 Å². The zero-order valence-electron chi connectivity index (χ0n) is 9.54. The van der Waals surface area contributed by atoms with Crippen molar-refractivity contribution < 1.29 is 4.79 Å². The van der Waals surface area contributed by atoms with Gasteiger partial charge in [0.1, 0.15) is 0 Å². The fourth-order valence-corrected chi connectivity index (χ4v) is 2.07. The lowest BCUT2D eigenvalue weighted by Crippen LogP contribution is -2.17. The Morgan fingerprint density at radius 3 is 2.60 bits per heavy atom. The Morgan fingerprint density at radius 1 is 1.40 bits per heavy atom. The highest BCUT2D eigenvalue weighted by Gasteiger charge is 2.23. The van der Waals surface area contributed by atoms with E-state index in [1.807, 2.05) is 36.9 Å². The van der Waals surface area contributed by atoms with E-state index < -0.39 is 0 Å². The van der Waals surface area contributed by atoms with Crippen molar-refractivity contribution in [1.29, 1.82) is 0 Å². The lowest BCUT2D eigenvalue weighted by atomic mass is 9.87. The molecule has 1 rings (SSSR count). The number of rotatable bonds is 2. The van der Waals surface area contributed by atoms with Gasteiger partial charge in [0.15, 0.2) is 5.78 Å². The molecule has 0 bridgehead atoms. The lowest BCUT2D eigenvalue weighted by Gasteiger charge is -2.20. The maximum atomic E-state index is 12.0. The summed E-state index contributed by atoms with van der Waals surface area (Å²) in [7, 11) is 3.86. The molecule has 0 atom stereocenters. The normalized spacial score (nSPS) is 22.6. The number of hydrogen-bond acceptors (Lipinski definition) is 3. The molecule has 2 nitrogen and oxygen atoms in total. The molecule has 0 saturated heterocycles. The Morgan fingerprint density at radius 2 is 2.07 bits per heavy atom. The molecule has 15 heavy (non-hydrogen) atoms. The Labute approximate surface area is 95.7 Å². The highest BCUT2D eigenvalue weighted by atomic mass is 32.2. The smallest absolute Gasteiger partial charge is 0.191 e. The number of carbonyl (C=O) groups excluding carboxylic acids is 1. The third-order valence-corrected chi connectivity index (χ3v) is 2.73. The Kier molecular flexibility index (Phi) is 4.21. The van der Waals surface area contributed by atoms with Gasteiger partial charge in [-0.25, -0.2) is 0 Å². The molecular formula is C12H17NOS.